The average molecular weight is 488 g/mol. The Kier molecular flexibility index (Phi) is 6.51. The van der Waals surface area contributed by atoms with E-state index in [-0.39, 0.29) is 17.4 Å². The number of carbonyl (C=O) groups excluding carboxylic acids is 1. The van der Waals surface area contributed by atoms with Crippen LogP contribution in [0.1, 0.15) is 24.0 Å². The molecule has 7 nitrogen and oxygen atoms in total. The van der Waals surface area contributed by atoms with E-state index in [1.165, 1.54) is 0 Å². The molecular formula is C27H26ClN5O2. The van der Waals surface area contributed by atoms with Gasteiger partial charge in [0.15, 0.2) is 11.5 Å². The molecule has 3 heterocycles. The van der Waals surface area contributed by atoms with E-state index in [0.29, 0.717) is 47.3 Å². The summed E-state index contributed by atoms with van der Waals surface area (Å²) in [4.78, 5) is 37.7. The number of aryl methyl sites for hydroxylation is 1. The van der Waals surface area contributed by atoms with Crippen LogP contribution < -0.4 is 15.8 Å². The van der Waals surface area contributed by atoms with Crippen molar-refractivity contribution < 1.29 is 4.79 Å². The number of halogens is 1. The van der Waals surface area contributed by atoms with Crippen LogP contribution >= 0.6 is 11.6 Å². The fourth-order valence-electron chi connectivity index (χ4n) is 4.49. The first-order valence-electron chi connectivity index (χ1n) is 11.7. The number of fused-ring (bicyclic) bond motifs is 1. The van der Waals surface area contributed by atoms with Gasteiger partial charge in [0.05, 0.1) is 12.5 Å². The standard InChI is InChI=1S/C27H26ClN5O2/c1-18-9-11-19(12-10-18)16-33-24-23(8-3-13-29-24)31-25(27(33)35)32-14-4-5-20(17-32)26(34)30-22-7-2-6-21(28)15-22/h2-3,6-13,15,20H,4-5,14,16-17H2,1H3,(H,30,34). The van der Waals surface area contributed by atoms with Crippen molar-refractivity contribution in [1.29, 1.82) is 0 Å². The van der Waals surface area contributed by atoms with E-state index >= 15 is 0 Å². The molecule has 1 atom stereocenters. The van der Waals surface area contributed by atoms with E-state index in [0.717, 1.165) is 24.0 Å². The summed E-state index contributed by atoms with van der Waals surface area (Å²) in [7, 11) is 0. The van der Waals surface area contributed by atoms with Gasteiger partial charge in [0.2, 0.25) is 5.91 Å². The molecule has 0 aliphatic carbocycles. The molecule has 1 N–H and O–H groups in total. The predicted molar refractivity (Wildman–Crippen MR) is 139 cm³/mol. The highest BCUT2D eigenvalue weighted by molar-refractivity contribution is 6.30. The normalized spacial score (nSPS) is 15.8. The number of carbonyl (C=O) groups is 1. The zero-order chi connectivity index (χ0) is 24.4. The molecule has 0 saturated carbocycles. The largest absolute Gasteiger partial charge is 0.351 e. The van der Waals surface area contributed by atoms with Crippen molar-refractivity contribution in [2.45, 2.75) is 26.3 Å². The summed E-state index contributed by atoms with van der Waals surface area (Å²) in [5.74, 6) is 0.0105. The van der Waals surface area contributed by atoms with E-state index in [9.17, 15) is 9.59 Å². The molecule has 1 amide bonds. The average Bonchev–Trinajstić information content (AvgIpc) is 2.87. The maximum Gasteiger partial charge on any atom is 0.295 e. The number of rotatable bonds is 5. The number of pyridine rings is 1. The molecule has 1 aliphatic heterocycles. The van der Waals surface area contributed by atoms with Crippen LogP contribution in [-0.2, 0) is 11.3 Å². The molecule has 1 fully saturated rings. The molecule has 1 saturated heterocycles. The van der Waals surface area contributed by atoms with Crippen molar-refractivity contribution in [3.8, 4) is 0 Å². The molecule has 178 valence electrons. The molecule has 2 aromatic heterocycles. The van der Waals surface area contributed by atoms with Gasteiger partial charge in [-0.25, -0.2) is 9.97 Å². The Morgan fingerprint density at radius 2 is 1.97 bits per heavy atom. The lowest BCUT2D eigenvalue weighted by Crippen LogP contribution is -2.44. The number of nitrogens with one attached hydrogen (secondary N) is 1. The molecule has 0 bridgehead atoms. The van der Waals surface area contributed by atoms with Crippen molar-refractivity contribution in [3.05, 3.63) is 93.4 Å². The minimum Gasteiger partial charge on any atom is -0.351 e. The fraction of sp³-hybridized carbons (Fsp3) is 0.259. The number of anilines is 2. The van der Waals surface area contributed by atoms with Gasteiger partial charge in [-0.15, -0.1) is 0 Å². The van der Waals surface area contributed by atoms with Crippen molar-refractivity contribution >= 4 is 40.2 Å². The molecule has 0 radical (unpaired) electrons. The summed E-state index contributed by atoms with van der Waals surface area (Å²) in [5, 5.41) is 3.52. The van der Waals surface area contributed by atoms with E-state index < -0.39 is 0 Å². The zero-order valence-electron chi connectivity index (χ0n) is 19.4. The van der Waals surface area contributed by atoms with Crippen LogP contribution in [0.5, 0.6) is 0 Å². The minimum atomic E-state index is -0.265. The summed E-state index contributed by atoms with van der Waals surface area (Å²) in [6, 6.07) is 18.9. The van der Waals surface area contributed by atoms with Crippen molar-refractivity contribution in [3.63, 3.8) is 0 Å². The van der Waals surface area contributed by atoms with Gasteiger partial charge in [-0.3, -0.25) is 14.2 Å². The number of amides is 1. The summed E-state index contributed by atoms with van der Waals surface area (Å²) in [5.41, 5.74) is 3.84. The maximum absolute atomic E-state index is 13.7. The third-order valence-corrected chi connectivity index (χ3v) is 6.56. The van der Waals surface area contributed by atoms with Crippen LogP contribution in [0.15, 0.2) is 71.7 Å². The number of nitrogens with zero attached hydrogens (tertiary/aromatic N) is 4. The first-order chi connectivity index (χ1) is 17.0. The highest BCUT2D eigenvalue weighted by Crippen LogP contribution is 2.24. The highest BCUT2D eigenvalue weighted by Gasteiger charge is 2.29. The summed E-state index contributed by atoms with van der Waals surface area (Å²) >= 11 is 6.05. The molecule has 2 aromatic carbocycles. The summed E-state index contributed by atoms with van der Waals surface area (Å²) < 4.78 is 1.68. The minimum absolute atomic E-state index is 0.0839. The van der Waals surface area contributed by atoms with E-state index in [2.05, 4.69) is 15.3 Å². The van der Waals surface area contributed by atoms with Crippen LogP contribution in [0, 0.1) is 12.8 Å². The molecule has 1 aliphatic rings. The first-order valence-corrected chi connectivity index (χ1v) is 12.1. The molecule has 5 rings (SSSR count). The number of hydrogen-bond acceptors (Lipinski definition) is 5. The van der Waals surface area contributed by atoms with E-state index in [4.69, 9.17) is 11.6 Å². The van der Waals surface area contributed by atoms with Gasteiger partial charge < -0.3 is 10.2 Å². The van der Waals surface area contributed by atoms with Crippen LogP contribution in [0.25, 0.3) is 11.2 Å². The van der Waals surface area contributed by atoms with Crippen LogP contribution in [0.4, 0.5) is 11.5 Å². The van der Waals surface area contributed by atoms with Gasteiger partial charge in [-0.1, -0.05) is 47.5 Å². The van der Waals surface area contributed by atoms with Crippen molar-refractivity contribution in [2.24, 2.45) is 5.92 Å². The first kappa shape index (κ1) is 23.1. The number of benzene rings is 2. The number of piperidine rings is 1. The highest BCUT2D eigenvalue weighted by atomic mass is 35.5. The molecule has 8 heteroatoms. The summed E-state index contributed by atoms with van der Waals surface area (Å²) in [6.45, 7) is 3.52. The third kappa shape index (κ3) is 5.05. The van der Waals surface area contributed by atoms with Gasteiger partial charge in [0.25, 0.3) is 5.56 Å². The lowest BCUT2D eigenvalue weighted by atomic mass is 9.97. The van der Waals surface area contributed by atoms with Crippen LogP contribution in [0.2, 0.25) is 5.02 Å². The Morgan fingerprint density at radius 3 is 2.77 bits per heavy atom. The van der Waals surface area contributed by atoms with Crippen molar-refractivity contribution in [2.75, 3.05) is 23.3 Å². The van der Waals surface area contributed by atoms with Gasteiger partial charge in [0.1, 0.15) is 5.52 Å². The Hall–Kier alpha value is -3.71. The third-order valence-electron chi connectivity index (χ3n) is 6.33. The Bertz CT molecular complexity index is 1430. The second kappa shape index (κ2) is 9.88. The molecule has 35 heavy (non-hydrogen) atoms. The van der Waals surface area contributed by atoms with Gasteiger partial charge >= 0.3 is 0 Å². The topological polar surface area (TPSA) is 80.1 Å². The van der Waals surface area contributed by atoms with E-state index in [1.807, 2.05) is 54.3 Å². The predicted octanol–water partition coefficient (Wildman–Crippen LogP) is 4.66. The molecule has 4 aromatic rings. The van der Waals surface area contributed by atoms with Gasteiger partial charge in [-0.2, -0.15) is 0 Å². The van der Waals surface area contributed by atoms with E-state index in [1.54, 1.807) is 29.0 Å². The maximum atomic E-state index is 13.7. The summed E-state index contributed by atoms with van der Waals surface area (Å²) in [6.07, 6.45) is 3.21. The smallest absolute Gasteiger partial charge is 0.295 e. The quantitative estimate of drug-likeness (QED) is 0.443. The monoisotopic (exact) mass is 487 g/mol. The van der Waals surface area contributed by atoms with Crippen LogP contribution in [0.3, 0.4) is 0 Å². The SMILES string of the molecule is Cc1ccc(Cn2c(=O)c(N3CCCC(C(=O)Nc4cccc(Cl)c4)C3)nc3cccnc32)cc1. The second-order valence-electron chi connectivity index (χ2n) is 8.94. The Balaban J connectivity index is 1.44. The van der Waals surface area contributed by atoms with Crippen molar-refractivity contribution in [1.82, 2.24) is 14.5 Å². The van der Waals surface area contributed by atoms with Gasteiger partial charge in [0, 0.05) is 30.0 Å². The molecular weight excluding hydrogens is 462 g/mol. The lowest BCUT2D eigenvalue weighted by Gasteiger charge is -2.32. The van der Waals surface area contributed by atoms with Gasteiger partial charge in [-0.05, 0) is 55.7 Å². The second-order valence-corrected chi connectivity index (χ2v) is 9.38. The number of hydrogen-bond donors (Lipinski definition) is 1. The Morgan fingerprint density at radius 1 is 1.14 bits per heavy atom. The fourth-order valence-corrected chi connectivity index (χ4v) is 4.68. The van der Waals surface area contributed by atoms with Crippen LogP contribution in [-0.4, -0.2) is 33.5 Å². The number of aromatic nitrogens is 3. The lowest BCUT2D eigenvalue weighted by molar-refractivity contribution is -0.120. The molecule has 1 unspecified atom stereocenters. The molecule has 0 spiro atoms. The Labute approximate surface area is 208 Å². The zero-order valence-corrected chi connectivity index (χ0v) is 20.2.